The largest absolute Gasteiger partial charge is 0.352 e. The highest BCUT2D eigenvalue weighted by Gasteiger charge is 2.16. The molecular weight excluding hydrogens is 256 g/mol. The zero-order valence-electron chi connectivity index (χ0n) is 11.7. The van der Waals surface area contributed by atoms with Gasteiger partial charge >= 0.3 is 0 Å². The Bertz CT molecular complexity index is 448. The highest BCUT2D eigenvalue weighted by Crippen LogP contribution is 2.18. The van der Waals surface area contributed by atoms with Gasteiger partial charge in [0.1, 0.15) is 0 Å². The minimum atomic E-state index is 0.0760. The Morgan fingerprint density at radius 2 is 2.37 bits per heavy atom. The van der Waals surface area contributed by atoms with Gasteiger partial charge in [-0.15, -0.1) is 0 Å². The summed E-state index contributed by atoms with van der Waals surface area (Å²) in [5.41, 5.74) is 3.34. The first-order valence-corrected chi connectivity index (χ1v) is 8.13. The van der Waals surface area contributed by atoms with Gasteiger partial charge in [0.25, 0.3) is 5.91 Å². The molecule has 1 aliphatic rings. The Morgan fingerprint density at radius 3 is 3.16 bits per heavy atom. The molecule has 0 aliphatic carbocycles. The lowest BCUT2D eigenvalue weighted by molar-refractivity contribution is 0.0952. The number of rotatable bonds is 5. The van der Waals surface area contributed by atoms with E-state index < -0.39 is 0 Å². The zero-order chi connectivity index (χ0) is 13.7. The third-order valence-corrected chi connectivity index (χ3v) is 4.66. The van der Waals surface area contributed by atoms with Gasteiger partial charge in [0, 0.05) is 23.9 Å². The van der Waals surface area contributed by atoms with E-state index in [1.54, 1.807) is 0 Å². The van der Waals surface area contributed by atoms with Crippen LogP contribution in [0.15, 0.2) is 18.2 Å². The molecule has 0 fully saturated rings. The highest BCUT2D eigenvalue weighted by molar-refractivity contribution is 7.99. The second-order valence-corrected chi connectivity index (χ2v) is 6.24. The summed E-state index contributed by atoms with van der Waals surface area (Å²) in [4.78, 5) is 12.2. The number of carbonyl (C=O) groups excluding carboxylic acids is 1. The van der Waals surface area contributed by atoms with Crippen molar-refractivity contribution in [2.45, 2.75) is 31.6 Å². The molecule has 1 unspecified atom stereocenters. The molecule has 4 heteroatoms. The van der Waals surface area contributed by atoms with Gasteiger partial charge in [0.05, 0.1) is 0 Å². The molecule has 1 aromatic carbocycles. The number of hydrogen-bond donors (Lipinski definition) is 2. The van der Waals surface area contributed by atoms with Crippen LogP contribution < -0.4 is 10.6 Å². The lowest BCUT2D eigenvalue weighted by Gasteiger charge is -2.20. The molecule has 3 nitrogen and oxygen atoms in total. The number of carbonyl (C=O) groups is 1. The predicted octanol–water partition coefficient (Wildman–Crippen LogP) is 2.20. The molecular formula is C15H22N2OS. The van der Waals surface area contributed by atoms with E-state index in [0.29, 0.717) is 5.25 Å². The normalized spacial score (nSPS) is 15.7. The van der Waals surface area contributed by atoms with E-state index in [1.165, 1.54) is 11.1 Å². The summed E-state index contributed by atoms with van der Waals surface area (Å²) in [6, 6.07) is 6.02. The Hall–Kier alpha value is -1.00. The van der Waals surface area contributed by atoms with Crippen LogP contribution in [0.2, 0.25) is 0 Å². The Balaban J connectivity index is 1.99. The van der Waals surface area contributed by atoms with Gasteiger partial charge in [-0.25, -0.2) is 0 Å². The van der Waals surface area contributed by atoms with Gasteiger partial charge in [-0.3, -0.25) is 4.79 Å². The van der Waals surface area contributed by atoms with Crippen molar-refractivity contribution in [3.8, 4) is 0 Å². The van der Waals surface area contributed by atoms with Gasteiger partial charge in [0.15, 0.2) is 0 Å². The van der Waals surface area contributed by atoms with Crippen LogP contribution in [0.1, 0.15) is 34.8 Å². The van der Waals surface area contributed by atoms with E-state index in [2.05, 4.69) is 29.9 Å². The third kappa shape index (κ3) is 3.74. The quantitative estimate of drug-likeness (QED) is 0.867. The summed E-state index contributed by atoms with van der Waals surface area (Å²) in [6.45, 7) is 4.77. The number of thioether (sulfide) groups is 1. The van der Waals surface area contributed by atoms with E-state index in [-0.39, 0.29) is 5.91 Å². The van der Waals surface area contributed by atoms with Crippen molar-refractivity contribution in [3.63, 3.8) is 0 Å². The minimum absolute atomic E-state index is 0.0760. The molecule has 1 heterocycles. The summed E-state index contributed by atoms with van der Waals surface area (Å²) in [7, 11) is 0. The van der Waals surface area contributed by atoms with Crippen LogP contribution in [0.5, 0.6) is 0 Å². The van der Waals surface area contributed by atoms with Crippen LogP contribution in [0.3, 0.4) is 0 Å². The number of fused-ring (bicyclic) bond motifs is 1. The Morgan fingerprint density at radius 1 is 1.53 bits per heavy atom. The van der Waals surface area contributed by atoms with Crippen LogP contribution in [0.4, 0.5) is 0 Å². The molecule has 0 aromatic heterocycles. The van der Waals surface area contributed by atoms with Crippen molar-refractivity contribution >= 4 is 17.7 Å². The van der Waals surface area contributed by atoms with E-state index in [4.69, 9.17) is 0 Å². The molecule has 0 bridgehead atoms. The monoisotopic (exact) mass is 278 g/mol. The Labute approximate surface area is 119 Å². The lowest BCUT2D eigenvalue weighted by atomic mass is 9.95. The van der Waals surface area contributed by atoms with Gasteiger partial charge in [-0.05, 0) is 42.8 Å². The maximum absolute atomic E-state index is 12.2. The van der Waals surface area contributed by atoms with Crippen molar-refractivity contribution in [3.05, 3.63) is 34.9 Å². The highest BCUT2D eigenvalue weighted by atomic mass is 32.2. The third-order valence-electron chi connectivity index (χ3n) is 3.62. The van der Waals surface area contributed by atoms with Crippen LogP contribution in [0.25, 0.3) is 0 Å². The first-order chi connectivity index (χ1) is 9.22. The van der Waals surface area contributed by atoms with Gasteiger partial charge in [-0.1, -0.05) is 19.1 Å². The molecule has 0 saturated heterocycles. The van der Waals surface area contributed by atoms with E-state index >= 15 is 0 Å². The number of nitrogens with one attached hydrogen (secondary N) is 2. The molecule has 104 valence electrons. The molecule has 2 rings (SSSR count). The maximum Gasteiger partial charge on any atom is 0.251 e. The molecule has 1 aliphatic heterocycles. The van der Waals surface area contributed by atoms with Gasteiger partial charge in [0.2, 0.25) is 0 Å². The van der Waals surface area contributed by atoms with Crippen LogP contribution in [-0.4, -0.2) is 30.5 Å². The molecule has 1 amide bonds. The predicted molar refractivity (Wildman–Crippen MR) is 81.8 cm³/mol. The number of amides is 1. The molecule has 0 radical (unpaired) electrons. The van der Waals surface area contributed by atoms with Crippen LogP contribution >= 0.6 is 11.8 Å². The van der Waals surface area contributed by atoms with Crippen LogP contribution in [-0.2, 0) is 13.0 Å². The van der Waals surface area contributed by atoms with E-state index in [0.717, 1.165) is 38.0 Å². The van der Waals surface area contributed by atoms with Crippen molar-refractivity contribution in [1.82, 2.24) is 10.6 Å². The van der Waals surface area contributed by atoms with Crippen molar-refractivity contribution in [2.24, 2.45) is 0 Å². The fourth-order valence-electron chi connectivity index (χ4n) is 2.35. The van der Waals surface area contributed by atoms with E-state index in [1.807, 2.05) is 23.9 Å². The Kier molecular flexibility index (Phi) is 5.28. The van der Waals surface area contributed by atoms with Crippen molar-refractivity contribution in [1.29, 1.82) is 0 Å². The standard InChI is InChI=1S/C15H22N2OS/c1-11(19-2)6-9-17-15(18)14-5-3-4-12-10-16-8-7-13(12)14/h3-5,11,16H,6-10H2,1-2H3,(H,17,18). The van der Waals surface area contributed by atoms with Crippen molar-refractivity contribution < 1.29 is 4.79 Å². The summed E-state index contributed by atoms with van der Waals surface area (Å²) < 4.78 is 0. The first-order valence-electron chi connectivity index (χ1n) is 6.85. The van der Waals surface area contributed by atoms with Gasteiger partial charge in [-0.2, -0.15) is 11.8 Å². The summed E-state index contributed by atoms with van der Waals surface area (Å²) >= 11 is 1.84. The SMILES string of the molecule is CSC(C)CCNC(=O)c1cccc2c1CCNC2. The number of hydrogen-bond acceptors (Lipinski definition) is 3. The summed E-state index contributed by atoms with van der Waals surface area (Å²) in [6.07, 6.45) is 4.07. The first kappa shape index (κ1) is 14.4. The lowest BCUT2D eigenvalue weighted by Crippen LogP contribution is -2.30. The second kappa shape index (κ2) is 6.96. The molecule has 0 saturated carbocycles. The van der Waals surface area contributed by atoms with Crippen LogP contribution in [0, 0.1) is 0 Å². The molecule has 19 heavy (non-hydrogen) atoms. The molecule has 2 N–H and O–H groups in total. The average Bonchev–Trinajstić information content (AvgIpc) is 2.46. The van der Waals surface area contributed by atoms with E-state index in [9.17, 15) is 4.79 Å². The average molecular weight is 278 g/mol. The fraction of sp³-hybridized carbons (Fsp3) is 0.533. The van der Waals surface area contributed by atoms with Gasteiger partial charge < -0.3 is 10.6 Å². The topological polar surface area (TPSA) is 41.1 Å². The molecule has 0 spiro atoms. The summed E-state index contributed by atoms with van der Waals surface area (Å²) in [5.74, 6) is 0.0760. The summed E-state index contributed by atoms with van der Waals surface area (Å²) in [5, 5.41) is 6.97. The molecule has 1 aromatic rings. The minimum Gasteiger partial charge on any atom is -0.352 e. The second-order valence-electron chi connectivity index (χ2n) is 4.96. The maximum atomic E-state index is 12.2. The number of benzene rings is 1. The fourth-order valence-corrected chi connectivity index (χ4v) is 2.70. The smallest absolute Gasteiger partial charge is 0.251 e. The zero-order valence-corrected chi connectivity index (χ0v) is 12.5. The molecule has 1 atom stereocenters. The van der Waals surface area contributed by atoms with Crippen molar-refractivity contribution in [2.75, 3.05) is 19.3 Å².